The number of carbonyl (C=O) groups is 2. The third kappa shape index (κ3) is 3.31. The summed E-state index contributed by atoms with van der Waals surface area (Å²) in [7, 11) is 0. The maximum atomic E-state index is 12.5. The minimum absolute atomic E-state index is 0.286. The quantitative estimate of drug-likeness (QED) is 0.501. The fourth-order valence-electron chi connectivity index (χ4n) is 2.56. The van der Waals surface area contributed by atoms with Gasteiger partial charge in [0.2, 0.25) is 5.78 Å². The molecule has 3 rings (SSSR count). The maximum Gasteiger partial charge on any atom is 0.339 e. The first-order valence-electron chi connectivity index (χ1n) is 7.55. The van der Waals surface area contributed by atoms with Gasteiger partial charge in [0.15, 0.2) is 6.10 Å². The first kappa shape index (κ1) is 16.2. The van der Waals surface area contributed by atoms with Crippen molar-refractivity contribution in [3.63, 3.8) is 0 Å². The molecule has 3 aromatic rings. The Morgan fingerprint density at radius 2 is 1.67 bits per heavy atom. The number of Topliss-reactive ketones (excluding diaryl/α,β-unsaturated/α-hetero) is 1. The fourth-order valence-corrected chi connectivity index (χ4v) is 2.75. The van der Waals surface area contributed by atoms with Crippen molar-refractivity contribution in [3.8, 4) is 0 Å². The Balaban J connectivity index is 1.82. The highest BCUT2D eigenvalue weighted by molar-refractivity contribution is 6.31. The minimum atomic E-state index is -0.894. The molecule has 3 nitrogen and oxygen atoms in total. The number of rotatable bonds is 4. The number of ketones is 1. The van der Waals surface area contributed by atoms with Gasteiger partial charge in [-0.25, -0.2) is 4.79 Å². The standard InChI is InChI=1S/C20H15ClO3/c1-13(19(22)15-8-4-9-16(21)12-15)24-20(23)18-11-5-7-14-6-2-3-10-17(14)18/h2-13H,1H3/t13-/m0/s1. The normalized spacial score (nSPS) is 11.9. The summed E-state index contributed by atoms with van der Waals surface area (Å²) in [5, 5.41) is 2.21. The molecule has 1 atom stereocenters. The van der Waals surface area contributed by atoms with Crippen molar-refractivity contribution in [3.05, 3.63) is 82.9 Å². The summed E-state index contributed by atoms with van der Waals surface area (Å²) in [6, 6.07) is 19.5. The number of benzene rings is 3. The second kappa shape index (κ2) is 6.85. The summed E-state index contributed by atoms with van der Waals surface area (Å²) in [6.07, 6.45) is -0.894. The van der Waals surface area contributed by atoms with Crippen LogP contribution in [0.25, 0.3) is 10.8 Å². The summed E-state index contributed by atoms with van der Waals surface area (Å²) >= 11 is 5.90. The topological polar surface area (TPSA) is 43.4 Å². The van der Waals surface area contributed by atoms with E-state index in [2.05, 4.69) is 0 Å². The van der Waals surface area contributed by atoms with Crippen molar-refractivity contribution in [2.75, 3.05) is 0 Å². The highest BCUT2D eigenvalue weighted by Crippen LogP contribution is 2.20. The van der Waals surface area contributed by atoms with Crippen LogP contribution in [0.15, 0.2) is 66.7 Å². The Kier molecular flexibility index (Phi) is 4.63. The SMILES string of the molecule is C[C@H](OC(=O)c1cccc2ccccc12)C(=O)c1cccc(Cl)c1. The molecular weight excluding hydrogens is 324 g/mol. The predicted molar refractivity (Wildman–Crippen MR) is 94.6 cm³/mol. The van der Waals surface area contributed by atoms with Crippen molar-refractivity contribution in [1.29, 1.82) is 0 Å². The number of carbonyl (C=O) groups excluding carboxylic acids is 2. The molecule has 3 aromatic carbocycles. The van der Waals surface area contributed by atoms with Gasteiger partial charge in [-0.15, -0.1) is 0 Å². The molecule has 0 radical (unpaired) electrons. The lowest BCUT2D eigenvalue weighted by atomic mass is 10.0. The van der Waals surface area contributed by atoms with Crippen LogP contribution in [0.1, 0.15) is 27.6 Å². The maximum absolute atomic E-state index is 12.5. The highest BCUT2D eigenvalue weighted by atomic mass is 35.5. The molecule has 0 N–H and O–H groups in total. The molecule has 0 aliphatic rings. The van der Waals surface area contributed by atoms with Crippen LogP contribution in [-0.4, -0.2) is 17.9 Å². The molecular formula is C20H15ClO3. The minimum Gasteiger partial charge on any atom is -0.451 e. The molecule has 0 aliphatic heterocycles. The molecule has 4 heteroatoms. The van der Waals surface area contributed by atoms with E-state index in [1.54, 1.807) is 43.3 Å². The van der Waals surface area contributed by atoms with E-state index in [0.717, 1.165) is 10.8 Å². The van der Waals surface area contributed by atoms with Crippen LogP contribution in [0.4, 0.5) is 0 Å². The molecule has 0 spiro atoms. The van der Waals surface area contributed by atoms with Crippen LogP contribution in [0.2, 0.25) is 5.02 Å². The van der Waals surface area contributed by atoms with Gasteiger partial charge >= 0.3 is 5.97 Å². The summed E-state index contributed by atoms with van der Waals surface area (Å²) in [4.78, 5) is 24.9. The molecule has 120 valence electrons. The zero-order valence-corrected chi connectivity index (χ0v) is 13.8. The first-order chi connectivity index (χ1) is 11.6. The van der Waals surface area contributed by atoms with Crippen molar-refractivity contribution in [1.82, 2.24) is 0 Å². The Bertz CT molecular complexity index is 912. The van der Waals surface area contributed by atoms with E-state index in [-0.39, 0.29) is 5.78 Å². The lowest BCUT2D eigenvalue weighted by Gasteiger charge is -2.13. The molecule has 24 heavy (non-hydrogen) atoms. The second-order valence-corrected chi connectivity index (χ2v) is 5.89. The summed E-state index contributed by atoms with van der Waals surface area (Å²) in [5.41, 5.74) is 0.861. The van der Waals surface area contributed by atoms with Crippen LogP contribution >= 0.6 is 11.6 Å². The smallest absolute Gasteiger partial charge is 0.339 e. The van der Waals surface area contributed by atoms with Gasteiger partial charge in [-0.1, -0.05) is 60.1 Å². The van der Waals surface area contributed by atoms with E-state index in [4.69, 9.17) is 16.3 Å². The Morgan fingerprint density at radius 1 is 0.958 bits per heavy atom. The van der Waals surface area contributed by atoms with Gasteiger partial charge in [-0.3, -0.25) is 4.79 Å². The number of fused-ring (bicyclic) bond motifs is 1. The molecule has 0 unspecified atom stereocenters. The van der Waals surface area contributed by atoms with Gasteiger partial charge < -0.3 is 4.74 Å². The van der Waals surface area contributed by atoms with E-state index >= 15 is 0 Å². The van der Waals surface area contributed by atoms with E-state index in [1.165, 1.54) is 0 Å². The Hall–Kier alpha value is -2.65. The first-order valence-corrected chi connectivity index (χ1v) is 7.92. The second-order valence-electron chi connectivity index (χ2n) is 5.45. The van der Waals surface area contributed by atoms with Crippen LogP contribution in [-0.2, 0) is 4.74 Å². The molecule has 0 saturated carbocycles. The van der Waals surface area contributed by atoms with Gasteiger partial charge in [-0.05, 0) is 35.9 Å². The number of halogens is 1. The van der Waals surface area contributed by atoms with Gasteiger partial charge in [0, 0.05) is 10.6 Å². The summed E-state index contributed by atoms with van der Waals surface area (Å²) in [6.45, 7) is 1.56. The van der Waals surface area contributed by atoms with Crippen molar-refractivity contribution < 1.29 is 14.3 Å². The van der Waals surface area contributed by atoms with Gasteiger partial charge in [0.1, 0.15) is 0 Å². The van der Waals surface area contributed by atoms with Crippen LogP contribution in [0.5, 0.6) is 0 Å². The van der Waals surface area contributed by atoms with E-state index < -0.39 is 12.1 Å². The van der Waals surface area contributed by atoms with Crippen molar-refractivity contribution >= 4 is 34.1 Å². The van der Waals surface area contributed by atoms with Crippen LogP contribution in [0, 0.1) is 0 Å². The number of ether oxygens (including phenoxy) is 1. The monoisotopic (exact) mass is 338 g/mol. The molecule has 0 amide bonds. The van der Waals surface area contributed by atoms with Crippen molar-refractivity contribution in [2.24, 2.45) is 0 Å². The lowest BCUT2D eigenvalue weighted by Crippen LogP contribution is -2.24. The molecule has 0 aliphatic carbocycles. The Morgan fingerprint density at radius 3 is 2.46 bits per heavy atom. The van der Waals surface area contributed by atoms with E-state index in [9.17, 15) is 9.59 Å². The fraction of sp³-hybridized carbons (Fsp3) is 0.100. The average Bonchev–Trinajstić information content (AvgIpc) is 2.60. The van der Waals surface area contributed by atoms with E-state index in [1.807, 2.05) is 30.3 Å². The highest BCUT2D eigenvalue weighted by Gasteiger charge is 2.21. The molecule has 0 fully saturated rings. The molecule has 0 aromatic heterocycles. The van der Waals surface area contributed by atoms with Crippen molar-refractivity contribution in [2.45, 2.75) is 13.0 Å². The molecule has 0 saturated heterocycles. The predicted octanol–water partition coefficient (Wildman–Crippen LogP) is 4.92. The van der Waals surface area contributed by atoms with Gasteiger partial charge in [-0.2, -0.15) is 0 Å². The molecule has 0 bridgehead atoms. The number of hydrogen-bond acceptors (Lipinski definition) is 3. The number of hydrogen-bond donors (Lipinski definition) is 0. The van der Waals surface area contributed by atoms with Crippen LogP contribution in [0.3, 0.4) is 0 Å². The van der Waals surface area contributed by atoms with Gasteiger partial charge in [0.25, 0.3) is 0 Å². The zero-order chi connectivity index (χ0) is 17.1. The summed E-state index contributed by atoms with van der Waals surface area (Å²) in [5.74, 6) is -0.805. The van der Waals surface area contributed by atoms with E-state index in [0.29, 0.717) is 16.1 Å². The average molecular weight is 339 g/mol. The summed E-state index contributed by atoms with van der Waals surface area (Å²) < 4.78 is 5.37. The van der Waals surface area contributed by atoms with Gasteiger partial charge in [0.05, 0.1) is 5.56 Å². The third-order valence-electron chi connectivity index (χ3n) is 3.77. The largest absolute Gasteiger partial charge is 0.451 e. The Labute approximate surface area is 144 Å². The number of esters is 1. The molecule has 0 heterocycles. The van der Waals surface area contributed by atoms with Crippen LogP contribution < -0.4 is 0 Å². The zero-order valence-electron chi connectivity index (χ0n) is 13.0. The third-order valence-corrected chi connectivity index (χ3v) is 4.01. The lowest BCUT2D eigenvalue weighted by molar-refractivity contribution is 0.0321.